The SMILES string of the molecule is CCCCN(C(C)CC(C)(NC(C)C)C(=O)O)C1CC1. The van der Waals surface area contributed by atoms with E-state index in [1.807, 2.05) is 20.8 Å². The van der Waals surface area contributed by atoms with Crippen LogP contribution in [-0.4, -0.2) is 46.2 Å². The van der Waals surface area contributed by atoms with Crippen LogP contribution in [0.5, 0.6) is 0 Å². The number of carboxylic acid groups (broad SMARTS) is 1. The van der Waals surface area contributed by atoms with E-state index in [0.717, 1.165) is 6.54 Å². The first-order valence-electron chi connectivity index (χ1n) is 8.07. The number of nitrogens with one attached hydrogen (secondary N) is 1. The molecule has 1 aliphatic carbocycles. The largest absolute Gasteiger partial charge is 0.480 e. The third-order valence-corrected chi connectivity index (χ3v) is 4.13. The molecule has 0 bridgehead atoms. The van der Waals surface area contributed by atoms with Crippen molar-refractivity contribution >= 4 is 5.97 Å². The molecule has 0 aliphatic heterocycles. The molecule has 118 valence electrons. The molecule has 0 saturated heterocycles. The Morgan fingerprint density at radius 3 is 2.40 bits per heavy atom. The van der Waals surface area contributed by atoms with Crippen LogP contribution in [0.2, 0.25) is 0 Å². The summed E-state index contributed by atoms with van der Waals surface area (Å²) in [5.74, 6) is -0.746. The molecular weight excluding hydrogens is 252 g/mol. The molecular formula is C16H32N2O2. The van der Waals surface area contributed by atoms with Crippen molar-refractivity contribution in [2.45, 2.75) is 90.4 Å². The predicted molar refractivity (Wildman–Crippen MR) is 83.0 cm³/mol. The molecule has 4 heteroatoms. The monoisotopic (exact) mass is 284 g/mol. The minimum atomic E-state index is -0.840. The molecule has 0 heterocycles. The summed E-state index contributed by atoms with van der Waals surface area (Å²) < 4.78 is 0. The van der Waals surface area contributed by atoms with Crippen LogP contribution in [0, 0.1) is 0 Å². The Bertz CT molecular complexity index is 316. The van der Waals surface area contributed by atoms with Crippen LogP contribution in [-0.2, 0) is 4.79 Å². The fourth-order valence-corrected chi connectivity index (χ4v) is 3.06. The molecule has 0 aromatic heterocycles. The Kier molecular flexibility index (Phi) is 6.46. The van der Waals surface area contributed by atoms with Crippen molar-refractivity contribution in [3.8, 4) is 0 Å². The summed E-state index contributed by atoms with van der Waals surface area (Å²) in [6, 6.07) is 1.17. The normalized spacial score (nSPS) is 20.1. The molecule has 1 fully saturated rings. The summed E-state index contributed by atoms with van der Waals surface area (Å²) in [6.45, 7) is 11.3. The molecule has 1 saturated carbocycles. The molecule has 1 aliphatic rings. The molecule has 0 spiro atoms. The quantitative estimate of drug-likeness (QED) is 0.648. The van der Waals surface area contributed by atoms with Gasteiger partial charge in [-0.05, 0) is 59.9 Å². The van der Waals surface area contributed by atoms with E-state index < -0.39 is 11.5 Å². The minimum Gasteiger partial charge on any atom is -0.480 e. The molecule has 0 amide bonds. The van der Waals surface area contributed by atoms with E-state index in [1.54, 1.807) is 0 Å². The number of carbonyl (C=O) groups is 1. The average molecular weight is 284 g/mol. The van der Waals surface area contributed by atoms with Gasteiger partial charge in [0.1, 0.15) is 5.54 Å². The van der Waals surface area contributed by atoms with Crippen LogP contribution in [0.3, 0.4) is 0 Å². The van der Waals surface area contributed by atoms with Gasteiger partial charge in [-0.15, -0.1) is 0 Å². The van der Waals surface area contributed by atoms with Crippen LogP contribution < -0.4 is 5.32 Å². The molecule has 2 atom stereocenters. The molecule has 0 aromatic carbocycles. The van der Waals surface area contributed by atoms with Crippen LogP contribution in [0.1, 0.15) is 66.7 Å². The van der Waals surface area contributed by atoms with Gasteiger partial charge in [0.2, 0.25) is 0 Å². The lowest BCUT2D eigenvalue weighted by atomic mass is 9.91. The van der Waals surface area contributed by atoms with E-state index in [1.165, 1.54) is 25.7 Å². The van der Waals surface area contributed by atoms with Gasteiger partial charge in [0, 0.05) is 18.1 Å². The molecule has 4 nitrogen and oxygen atoms in total. The van der Waals surface area contributed by atoms with Crippen molar-refractivity contribution < 1.29 is 9.90 Å². The maximum absolute atomic E-state index is 11.6. The lowest BCUT2D eigenvalue weighted by molar-refractivity contribution is -0.145. The Labute approximate surface area is 123 Å². The topological polar surface area (TPSA) is 52.6 Å². The first kappa shape index (κ1) is 17.4. The summed E-state index contributed by atoms with van der Waals surface area (Å²) in [7, 11) is 0. The number of hydrogen-bond acceptors (Lipinski definition) is 3. The van der Waals surface area contributed by atoms with Crippen molar-refractivity contribution in [3.05, 3.63) is 0 Å². The van der Waals surface area contributed by atoms with Crippen LogP contribution in [0.25, 0.3) is 0 Å². The highest BCUT2D eigenvalue weighted by Crippen LogP contribution is 2.31. The smallest absolute Gasteiger partial charge is 0.323 e. The van der Waals surface area contributed by atoms with Crippen LogP contribution >= 0.6 is 0 Å². The van der Waals surface area contributed by atoms with Crippen molar-refractivity contribution in [3.63, 3.8) is 0 Å². The van der Waals surface area contributed by atoms with Gasteiger partial charge in [0.25, 0.3) is 0 Å². The number of nitrogens with zero attached hydrogens (tertiary/aromatic N) is 1. The van der Waals surface area contributed by atoms with E-state index >= 15 is 0 Å². The second kappa shape index (κ2) is 7.41. The highest BCUT2D eigenvalue weighted by Gasteiger charge is 2.39. The first-order valence-corrected chi connectivity index (χ1v) is 8.07. The van der Waals surface area contributed by atoms with Gasteiger partial charge >= 0.3 is 5.97 Å². The zero-order valence-corrected chi connectivity index (χ0v) is 13.8. The molecule has 0 aromatic rings. The molecule has 20 heavy (non-hydrogen) atoms. The van der Waals surface area contributed by atoms with Crippen molar-refractivity contribution in [1.29, 1.82) is 0 Å². The third-order valence-electron chi connectivity index (χ3n) is 4.13. The Hall–Kier alpha value is -0.610. The van der Waals surface area contributed by atoms with Gasteiger partial charge in [0.15, 0.2) is 0 Å². The third kappa shape index (κ3) is 5.06. The van der Waals surface area contributed by atoms with E-state index in [2.05, 4.69) is 24.1 Å². The van der Waals surface area contributed by atoms with E-state index in [4.69, 9.17) is 0 Å². The lowest BCUT2D eigenvalue weighted by Gasteiger charge is -2.36. The number of unbranched alkanes of at least 4 members (excludes halogenated alkanes) is 1. The maximum Gasteiger partial charge on any atom is 0.323 e. The molecule has 2 N–H and O–H groups in total. The minimum absolute atomic E-state index is 0.174. The number of hydrogen-bond donors (Lipinski definition) is 2. The fourth-order valence-electron chi connectivity index (χ4n) is 3.06. The number of rotatable bonds is 10. The fraction of sp³-hybridized carbons (Fsp3) is 0.938. The van der Waals surface area contributed by atoms with Crippen molar-refractivity contribution in [1.82, 2.24) is 10.2 Å². The van der Waals surface area contributed by atoms with Crippen molar-refractivity contribution in [2.24, 2.45) is 0 Å². The summed E-state index contributed by atoms with van der Waals surface area (Å²) in [6.07, 6.45) is 5.59. The van der Waals surface area contributed by atoms with Crippen molar-refractivity contribution in [2.75, 3.05) is 6.54 Å². The molecule has 1 rings (SSSR count). The summed E-state index contributed by atoms with van der Waals surface area (Å²) in [4.78, 5) is 14.2. The Morgan fingerprint density at radius 1 is 1.40 bits per heavy atom. The van der Waals surface area contributed by atoms with Gasteiger partial charge in [-0.2, -0.15) is 0 Å². The Morgan fingerprint density at radius 2 is 2.00 bits per heavy atom. The standard InChI is InChI=1S/C16H32N2O2/c1-6-7-10-18(14-8-9-14)13(4)11-16(5,15(19)20)17-12(2)3/h12-14,17H,6-11H2,1-5H3,(H,19,20). The molecule has 0 radical (unpaired) electrons. The lowest BCUT2D eigenvalue weighted by Crippen LogP contribution is -2.56. The van der Waals surface area contributed by atoms with Gasteiger partial charge < -0.3 is 5.11 Å². The Balaban J connectivity index is 2.67. The highest BCUT2D eigenvalue weighted by molar-refractivity contribution is 5.78. The summed E-state index contributed by atoms with van der Waals surface area (Å²) in [5.41, 5.74) is -0.840. The van der Waals surface area contributed by atoms with E-state index in [-0.39, 0.29) is 6.04 Å². The zero-order chi connectivity index (χ0) is 15.3. The second-order valence-electron chi connectivity index (χ2n) is 6.81. The number of aliphatic carboxylic acids is 1. The van der Waals surface area contributed by atoms with Crippen LogP contribution in [0.15, 0.2) is 0 Å². The van der Waals surface area contributed by atoms with Gasteiger partial charge in [-0.3, -0.25) is 15.0 Å². The summed E-state index contributed by atoms with van der Waals surface area (Å²) in [5, 5.41) is 12.8. The van der Waals surface area contributed by atoms with Gasteiger partial charge in [-0.1, -0.05) is 13.3 Å². The van der Waals surface area contributed by atoms with E-state index in [9.17, 15) is 9.90 Å². The predicted octanol–water partition coefficient (Wildman–Crippen LogP) is 2.87. The van der Waals surface area contributed by atoms with Gasteiger partial charge in [-0.25, -0.2) is 0 Å². The first-order chi connectivity index (χ1) is 9.30. The van der Waals surface area contributed by atoms with Crippen LogP contribution in [0.4, 0.5) is 0 Å². The van der Waals surface area contributed by atoms with E-state index in [0.29, 0.717) is 18.5 Å². The molecule has 2 unspecified atom stereocenters. The number of carboxylic acids is 1. The second-order valence-corrected chi connectivity index (χ2v) is 6.81. The van der Waals surface area contributed by atoms with Gasteiger partial charge in [0.05, 0.1) is 0 Å². The summed E-state index contributed by atoms with van der Waals surface area (Å²) >= 11 is 0. The average Bonchev–Trinajstić information content (AvgIpc) is 3.12. The zero-order valence-electron chi connectivity index (χ0n) is 13.8. The maximum atomic E-state index is 11.6. The highest BCUT2D eigenvalue weighted by atomic mass is 16.4.